The molecule has 1 heterocycles. The summed E-state index contributed by atoms with van der Waals surface area (Å²) in [5, 5.41) is 7.66. The van der Waals surface area contributed by atoms with E-state index < -0.39 is 17.8 Å². The SMILES string of the molecule is COC(=O)CC(=O)Nc1cccc(Cn2nc(C(N)=O)c3ccccc32)c1. The van der Waals surface area contributed by atoms with Crippen molar-refractivity contribution in [1.29, 1.82) is 0 Å². The molecule has 0 aliphatic heterocycles. The third-order valence-electron chi connectivity index (χ3n) is 3.97. The molecule has 3 aromatic rings. The molecule has 0 fully saturated rings. The normalized spacial score (nSPS) is 10.6. The fraction of sp³-hybridized carbons (Fsp3) is 0.158. The third-order valence-corrected chi connectivity index (χ3v) is 3.97. The molecule has 0 aliphatic rings. The Morgan fingerprint density at radius 2 is 1.93 bits per heavy atom. The van der Waals surface area contributed by atoms with Gasteiger partial charge in [-0.25, -0.2) is 0 Å². The molecule has 0 radical (unpaired) electrons. The lowest BCUT2D eigenvalue weighted by Crippen LogP contribution is -2.17. The number of nitrogens with two attached hydrogens (primary N) is 1. The lowest BCUT2D eigenvalue weighted by molar-refractivity contribution is -0.142. The molecule has 0 bridgehead atoms. The van der Waals surface area contributed by atoms with E-state index in [2.05, 4.69) is 15.2 Å². The van der Waals surface area contributed by atoms with Gasteiger partial charge in [-0.3, -0.25) is 19.1 Å². The number of nitrogens with one attached hydrogen (secondary N) is 1. The van der Waals surface area contributed by atoms with Crippen LogP contribution in [0.4, 0.5) is 5.69 Å². The number of aromatic nitrogens is 2. The first-order chi connectivity index (χ1) is 13.0. The van der Waals surface area contributed by atoms with Crippen molar-refractivity contribution >= 4 is 34.4 Å². The smallest absolute Gasteiger partial charge is 0.315 e. The molecule has 3 N–H and O–H groups in total. The van der Waals surface area contributed by atoms with E-state index in [9.17, 15) is 14.4 Å². The Balaban J connectivity index is 1.83. The first-order valence-corrected chi connectivity index (χ1v) is 8.19. The maximum Gasteiger partial charge on any atom is 0.315 e. The van der Waals surface area contributed by atoms with Gasteiger partial charge < -0.3 is 15.8 Å². The second-order valence-electron chi connectivity index (χ2n) is 5.89. The zero-order valence-electron chi connectivity index (χ0n) is 14.6. The summed E-state index contributed by atoms with van der Waals surface area (Å²) >= 11 is 0. The van der Waals surface area contributed by atoms with E-state index in [0.29, 0.717) is 17.6 Å². The van der Waals surface area contributed by atoms with E-state index in [1.54, 1.807) is 28.9 Å². The van der Waals surface area contributed by atoms with E-state index in [1.807, 2.05) is 24.3 Å². The predicted molar refractivity (Wildman–Crippen MR) is 99.1 cm³/mol. The molecule has 0 spiro atoms. The Labute approximate surface area is 154 Å². The summed E-state index contributed by atoms with van der Waals surface area (Å²) in [6.07, 6.45) is -0.355. The van der Waals surface area contributed by atoms with E-state index in [1.165, 1.54) is 7.11 Å². The number of benzene rings is 2. The van der Waals surface area contributed by atoms with Gasteiger partial charge in [-0.2, -0.15) is 5.10 Å². The van der Waals surface area contributed by atoms with Crippen molar-refractivity contribution in [2.75, 3.05) is 12.4 Å². The number of methoxy groups -OCH3 is 1. The second-order valence-corrected chi connectivity index (χ2v) is 5.89. The van der Waals surface area contributed by atoms with Gasteiger partial charge in [0.15, 0.2) is 5.69 Å². The van der Waals surface area contributed by atoms with Gasteiger partial charge in [-0.1, -0.05) is 30.3 Å². The molecule has 0 atom stereocenters. The van der Waals surface area contributed by atoms with Crippen LogP contribution in [0, 0.1) is 0 Å². The van der Waals surface area contributed by atoms with Gasteiger partial charge in [0.1, 0.15) is 6.42 Å². The highest BCUT2D eigenvalue weighted by Gasteiger charge is 2.15. The highest BCUT2D eigenvalue weighted by atomic mass is 16.5. The summed E-state index contributed by atoms with van der Waals surface area (Å²) in [6.45, 7) is 0.383. The minimum Gasteiger partial charge on any atom is -0.469 e. The van der Waals surface area contributed by atoms with Crippen LogP contribution in [-0.4, -0.2) is 34.7 Å². The lowest BCUT2D eigenvalue weighted by Gasteiger charge is -2.08. The number of hydrogen-bond donors (Lipinski definition) is 2. The highest BCUT2D eigenvalue weighted by molar-refractivity contribution is 6.04. The number of carbonyl (C=O) groups is 3. The molecular formula is C19H18N4O4. The Morgan fingerprint density at radius 3 is 2.67 bits per heavy atom. The quantitative estimate of drug-likeness (QED) is 0.509. The molecule has 0 aliphatic carbocycles. The molecule has 8 heteroatoms. The Hall–Kier alpha value is -3.68. The topological polar surface area (TPSA) is 116 Å². The van der Waals surface area contributed by atoms with E-state index >= 15 is 0 Å². The van der Waals surface area contributed by atoms with Gasteiger partial charge in [0, 0.05) is 11.1 Å². The summed E-state index contributed by atoms with van der Waals surface area (Å²) in [5.41, 5.74) is 7.82. The number of primary amides is 1. The van der Waals surface area contributed by atoms with Crippen LogP contribution in [-0.2, 0) is 20.9 Å². The molecule has 2 aromatic carbocycles. The number of fused-ring (bicyclic) bond motifs is 1. The van der Waals surface area contributed by atoms with Crippen molar-refractivity contribution in [2.24, 2.45) is 5.73 Å². The minimum absolute atomic E-state index is 0.216. The van der Waals surface area contributed by atoms with Gasteiger partial charge in [0.25, 0.3) is 5.91 Å². The molecule has 138 valence electrons. The number of para-hydroxylation sites is 1. The molecule has 3 rings (SSSR count). The molecule has 27 heavy (non-hydrogen) atoms. The van der Waals surface area contributed by atoms with Crippen LogP contribution in [0.1, 0.15) is 22.5 Å². The van der Waals surface area contributed by atoms with Crippen LogP contribution in [0.2, 0.25) is 0 Å². The maximum absolute atomic E-state index is 11.8. The second kappa shape index (κ2) is 7.69. The van der Waals surface area contributed by atoms with Crippen molar-refractivity contribution in [3.05, 3.63) is 59.8 Å². The molecule has 0 unspecified atom stereocenters. The van der Waals surface area contributed by atoms with Crippen LogP contribution in [0.25, 0.3) is 10.9 Å². The van der Waals surface area contributed by atoms with Crippen LogP contribution in [0.15, 0.2) is 48.5 Å². The van der Waals surface area contributed by atoms with Crippen molar-refractivity contribution in [3.63, 3.8) is 0 Å². The number of esters is 1. The van der Waals surface area contributed by atoms with Crippen LogP contribution in [0.3, 0.4) is 0 Å². The Bertz CT molecular complexity index is 1030. The molecule has 1 aromatic heterocycles. The number of carbonyl (C=O) groups excluding carboxylic acids is 3. The highest BCUT2D eigenvalue weighted by Crippen LogP contribution is 2.20. The van der Waals surface area contributed by atoms with Crippen molar-refractivity contribution in [3.8, 4) is 0 Å². The average Bonchev–Trinajstić information content (AvgIpc) is 3.01. The summed E-state index contributed by atoms with van der Waals surface area (Å²) in [7, 11) is 1.23. The number of ether oxygens (including phenoxy) is 1. The van der Waals surface area contributed by atoms with E-state index in [-0.39, 0.29) is 12.1 Å². The zero-order chi connectivity index (χ0) is 19.4. The number of rotatable bonds is 6. The van der Waals surface area contributed by atoms with Crippen molar-refractivity contribution in [2.45, 2.75) is 13.0 Å². The van der Waals surface area contributed by atoms with Crippen LogP contribution in [0.5, 0.6) is 0 Å². The van der Waals surface area contributed by atoms with Crippen molar-refractivity contribution < 1.29 is 19.1 Å². The molecule has 2 amide bonds. The fourth-order valence-electron chi connectivity index (χ4n) is 2.76. The molecule has 0 saturated carbocycles. The predicted octanol–water partition coefficient (Wildman–Crippen LogP) is 1.69. The number of amides is 2. The van der Waals surface area contributed by atoms with Gasteiger partial charge in [-0.15, -0.1) is 0 Å². The molecule has 0 saturated heterocycles. The van der Waals surface area contributed by atoms with Crippen LogP contribution < -0.4 is 11.1 Å². The van der Waals surface area contributed by atoms with Crippen molar-refractivity contribution in [1.82, 2.24) is 9.78 Å². The summed E-state index contributed by atoms with van der Waals surface area (Å²) in [4.78, 5) is 34.6. The van der Waals surface area contributed by atoms with Gasteiger partial charge in [0.2, 0.25) is 5.91 Å². The third kappa shape index (κ3) is 4.12. The lowest BCUT2D eigenvalue weighted by atomic mass is 10.2. The molecule has 8 nitrogen and oxygen atoms in total. The number of nitrogens with zero attached hydrogens (tertiary/aromatic N) is 2. The summed E-state index contributed by atoms with van der Waals surface area (Å²) in [5.74, 6) is -1.65. The first-order valence-electron chi connectivity index (χ1n) is 8.19. The average molecular weight is 366 g/mol. The Morgan fingerprint density at radius 1 is 1.15 bits per heavy atom. The Kier molecular flexibility index (Phi) is 5.16. The van der Waals surface area contributed by atoms with E-state index in [0.717, 1.165) is 11.1 Å². The fourth-order valence-corrected chi connectivity index (χ4v) is 2.76. The monoisotopic (exact) mass is 366 g/mol. The minimum atomic E-state index is -0.606. The zero-order valence-corrected chi connectivity index (χ0v) is 14.6. The van der Waals surface area contributed by atoms with E-state index in [4.69, 9.17) is 5.73 Å². The van der Waals surface area contributed by atoms with Gasteiger partial charge in [-0.05, 0) is 23.8 Å². The standard InChI is InChI=1S/C19H18N4O4/c1-27-17(25)10-16(24)21-13-6-4-5-12(9-13)11-23-15-8-3-2-7-14(15)18(22-23)19(20)26/h2-9H,10-11H2,1H3,(H2,20,26)(H,21,24). The first kappa shape index (κ1) is 18.1. The van der Waals surface area contributed by atoms with Crippen LogP contribution >= 0.6 is 0 Å². The number of hydrogen-bond acceptors (Lipinski definition) is 5. The van der Waals surface area contributed by atoms with Gasteiger partial charge in [0.05, 0.1) is 19.2 Å². The molecular weight excluding hydrogens is 348 g/mol. The summed E-state index contributed by atoms with van der Waals surface area (Å²) in [6, 6.07) is 14.5. The maximum atomic E-state index is 11.8. The number of anilines is 1. The van der Waals surface area contributed by atoms with Gasteiger partial charge >= 0.3 is 5.97 Å². The largest absolute Gasteiger partial charge is 0.469 e. The summed E-state index contributed by atoms with van der Waals surface area (Å²) < 4.78 is 6.16.